The topological polar surface area (TPSA) is 76.0 Å². The van der Waals surface area contributed by atoms with E-state index >= 15 is 0 Å². The number of carbonyl (C=O) groups excluding carboxylic acids is 1. The zero-order chi connectivity index (χ0) is 21.5. The van der Waals surface area contributed by atoms with Crippen molar-refractivity contribution < 1.29 is 24.5 Å². The van der Waals surface area contributed by atoms with Gasteiger partial charge in [-0.1, -0.05) is 71.1 Å². The Morgan fingerprint density at radius 2 is 1.14 bits per heavy atom. The summed E-state index contributed by atoms with van der Waals surface area (Å²) in [7, 11) is 1.42. The van der Waals surface area contributed by atoms with Crippen molar-refractivity contribution in [3.8, 4) is 0 Å². The number of rotatable bonds is 18. The number of esters is 1. The van der Waals surface area contributed by atoms with E-state index in [0.717, 1.165) is 58.2 Å². The van der Waals surface area contributed by atoms with E-state index in [1.807, 2.05) is 13.8 Å². The van der Waals surface area contributed by atoms with Gasteiger partial charge in [0.2, 0.25) is 0 Å². The maximum absolute atomic E-state index is 10.9. The van der Waals surface area contributed by atoms with Gasteiger partial charge >= 0.3 is 5.97 Å². The van der Waals surface area contributed by atoms with Gasteiger partial charge in [-0.15, -0.1) is 0 Å². The number of ether oxygens (including phenoxy) is 2. The molecular weight excluding hydrogens is 356 g/mol. The summed E-state index contributed by atoms with van der Waals surface area (Å²) >= 11 is 0. The molecule has 2 N–H and O–H groups in total. The third-order valence-electron chi connectivity index (χ3n) is 4.81. The molecule has 0 aromatic carbocycles. The Balaban J connectivity index is 0. The molecule has 0 aliphatic carbocycles. The van der Waals surface area contributed by atoms with Gasteiger partial charge in [0.1, 0.15) is 0 Å². The maximum atomic E-state index is 10.9. The first-order chi connectivity index (χ1) is 13.5. The second-order valence-electron chi connectivity index (χ2n) is 7.36. The lowest BCUT2D eigenvalue weighted by Crippen LogP contribution is -2.25. The molecule has 2 unspecified atom stereocenters. The van der Waals surface area contributed by atoms with Crippen molar-refractivity contribution in [2.45, 2.75) is 123 Å². The normalized spacial score (nSPS) is 12.8. The molecule has 0 fully saturated rings. The smallest absolute Gasteiger partial charge is 0.305 e. The van der Waals surface area contributed by atoms with E-state index in [4.69, 9.17) is 4.74 Å². The summed E-state index contributed by atoms with van der Waals surface area (Å²) in [4.78, 5) is 10.9. The van der Waals surface area contributed by atoms with Crippen LogP contribution in [0.25, 0.3) is 0 Å². The van der Waals surface area contributed by atoms with Gasteiger partial charge in [0.25, 0.3) is 0 Å². The molecule has 0 aliphatic rings. The summed E-state index contributed by atoms with van der Waals surface area (Å²) in [5.41, 5.74) is 0. The standard InChI is InChI=1S/C19H38O4.C4H10O/c1-3-4-5-6-8-11-14-17(20)18(21)15-12-9-7-10-13-16-19(22)23-2;1-3-5-4-2/h17-18,20-21H,3-16H2,1-2H3;3-4H2,1-2H3. The molecule has 170 valence electrons. The van der Waals surface area contributed by atoms with E-state index in [1.54, 1.807) is 0 Å². The summed E-state index contributed by atoms with van der Waals surface area (Å²) in [6.07, 6.45) is 12.9. The Hall–Kier alpha value is -0.650. The number of carbonyl (C=O) groups is 1. The van der Waals surface area contributed by atoms with Gasteiger partial charge < -0.3 is 19.7 Å². The van der Waals surface area contributed by atoms with Gasteiger partial charge in [-0.3, -0.25) is 4.79 Å². The second kappa shape index (κ2) is 24.4. The molecular formula is C23H48O5. The third kappa shape index (κ3) is 23.4. The van der Waals surface area contributed by atoms with Gasteiger partial charge in [0, 0.05) is 19.6 Å². The maximum Gasteiger partial charge on any atom is 0.305 e. The number of methoxy groups -OCH3 is 1. The molecule has 5 nitrogen and oxygen atoms in total. The average molecular weight is 405 g/mol. The number of aliphatic hydroxyl groups is 2. The van der Waals surface area contributed by atoms with Crippen LogP contribution in [0.5, 0.6) is 0 Å². The molecule has 0 aromatic rings. The van der Waals surface area contributed by atoms with Crippen molar-refractivity contribution in [1.29, 1.82) is 0 Å². The molecule has 0 rings (SSSR count). The summed E-state index contributed by atoms with van der Waals surface area (Å²) in [5, 5.41) is 19.9. The fourth-order valence-corrected chi connectivity index (χ4v) is 2.98. The van der Waals surface area contributed by atoms with E-state index < -0.39 is 12.2 Å². The highest BCUT2D eigenvalue weighted by Crippen LogP contribution is 2.15. The third-order valence-corrected chi connectivity index (χ3v) is 4.81. The van der Waals surface area contributed by atoms with Gasteiger partial charge in [-0.05, 0) is 33.1 Å². The summed E-state index contributed by atoms with van der Waals surface area (Å²) in [6.45, 7) is 7.87. The Bertz CT molecular complexity index is 307. The van der Waals surface area contributed by atoms with Crippen LogP contribution in [-0.2, 0) is 14.3 Å². The highest BCUT2D eigenvalue weighted by atomic mass is 16.5. The first-order valence-corrected chi connectivity index (χ1v) is 11.5. The quantitative estimate of drug-likeness (QED) is 0.236. The van der Waals surface area contributed by atoms with Crippen molar-refractivity contribution in [2.24, 2.45) is 0 Å². The van der Waals surface area contributed by atoms with Gasteiger partial charge in [-0.25, -0.2) is 0 Å². The molecule has 5 heteroatoms. The fourth-order valence-electron chi connectivity index (χ4n) is 2.98. The van der Waals surface area contributed by atoms with E-state index in [2.05, 4.69) is 11.7 Å². The molecule has 0 saturated carbocycles. The highest BCUT2D eigenvalue weighted by Gasteiger charge is 2.15. The molecule has 0 heterocycles. The molecule has 0 radical (unpaired) electrons. The van der Waals surface area contributed by atoms with Crippen molar-refractivity contribution in [3.63, 3.8) is 0 Å². The first-order valence-electron chi connectivity index (χ1n) is 11.5. The Morgan fingerprint density at radius 3 is 1.54 bits per heavy atom. The number of aliphatic hydroxyl groups excluding tert-OH is 2. The minimum absolute atomic E-state index is 0.141. The number of hydrogen-bond acceptors (Lipinski definition) is 5. The average Bonchev–Trinajstić information content (AvgIpc) is 2.70. The fraction of sp³-hybridized carbons (Fsp3) is 0.957. The molecule has 0 bridgehead atoms. The van der Waals surface area contributed by atoms with E-state index in [-0.39, 0.29) is 5.97 Å². The number of hydrogen-bond donors (Lipinski definition) is 2. The van der Waals surface area contributed by atoms with Crippen molar-refractivity contribution in [2.75, 3.05) is 20.3 Å². The molecule has 0 spiro atoms. The molecule has 0 saturated heterocycles. The summed E-state index contributed by atoms with van der Waals surface area (Å²) in [5.74, 6) is -0.141. The van der Waals surface area contributed by atoms with Crippen LogP contribution in [0.1, 0.15) is 111 Å². The van der Waals surface area contributed by atoms with Crippen LogP contribution in [-0.4, -0.2) is 48.7 Å². The summed E-state index contributed by atoms with van der Waals surface area (Å²) in [6, 6.07) is 0. The molecule has 0 aliphatic heterocycles. The minimum Gasteiger partial charge on any atom is -0.469 e. The Labute approximate surface area is 174 Å². The lowest BCUT2D eigenvalue weighted by molar-refractivity contribution is -0.140. The first kappa shape index (κ1) is 29.6. The largest absolute Gasteiger partial charge is 0.469 e. The van der Waals surface area contributed by atoms with Crippen molar-refractivity contribution >= 4 is 5.97 Å². The predicted molar refractivity (Wildman–Crippen MR) is 117 cm³/mol. The molecule has 0 amide bonds. The highest BCUT2D eigenvalue weighted by molar-refractivity contribution is 5.68. The Morgan fingerprint density at radius 1 is 0.714 bits per heavy atom. The lowest BCUT2D eigenvalue weighted by Gasteiger charge is -2.17. The van der Waals surface area contributed by atoms with Gasteiger partial charge in [0.15, 0.2) is 0 Å². The van der Waals surface area contributed by atoms with E-state index in [9.17, 15) is 15.0 Å². The van der Waals surface area contributed by atoms with E-state index in [0.29, 0.717) is 19.3 Å². The van der Waals surface area contributed by atoms with Gasteiger partial charge in [-0.2, -0.15) is 0 Å². The van der Waals surface area contributed by atoms with Crippen LogP contribution < -0.4 is 0 Å². The zero-order valence-electron chi connectivity index (χ0n) is 19.1. The van der Waals surface area contributed by atoms with Crippen LogP contribution in [0.15, 0.2) is 0 Å². The Kier molecular flexibility index (Phi) is 25.7. The molecule has 2 atom stereocenters. The predicted octanol–water partition coefficient (Wildman–Crippen LogP) is 5.41. The second-order valence-corrected chi connectivity index (χ2v) is 7.36. The number of unbranched alkanes of at least 4 members (excludes halogenated alkanes) is 9. The lowest BCUT2D eigenvalue weighted by atomic mass is 9.99. The van der Waals surface area contributed by atoms with Crippen LogP contribution in [0.3, 0.4) is 0 Å². The van der Waals surface area contributed by atoms with Crippen LogP contribution in [0.2, 0.25) is 0 Å². The van der Waals surface area contributed by atoms with Gasteiger partial charge in [0.05, 0.1) is 19.3 Å². The SMILES string of the molecule is CCCCCCCCC(O)C(O)CCCCCCCC(=O)OC.CCOCC. The van der Waals surface area contributed by atoms with E-state index in [1.165, 1.54) is 32.8 Å². The van der Waals surface area contributed by atoms with Crippen LogP contribution in [0.4, 0.5) is 0 Å². The molecule has 0 aromatic heterocycles. The van der Waals surface area contributed by atoms with Crippen LogP contribution in [0, 0.1) is 0 Å². The monoisotopic (exact) mass is 404 g/mol. The zero-order valence-corrected chi connectivity index (χ0v) is 19.1. The summed E-state index contributed by atoms with van der Waals surface area (Å²) < 4.78 is 9.43. The van der Waals surface area contributed by atoms with Crippen molar-refractivity contribution in [3.05, 3.63) is 0 Å². The molecule has 28 heavy (non-hydrogen) atoms. The van der Waals surface area contributed by atoms with Crippen LogP contribution >= 0.6 is 0 Å². The van der Waals surface area contributed by atoms with Crippen molar-refractivity contribution in [1.82, 2.24) is 0 Å². The minimum atomic E-state index is -0.583.